The zero-order valence-corrected chi connectivity index (χ0v) is 12.5. The van der Waals surface area contributed by atoms with E-state index in [1.54, 1.807) is 0 Å². The van der Waals surface area contributed by atoms with Gasteiger partial charge in [0.2, 0.25) is 0 Å². The van der Waals surface area contributed by atoms with Crippen LogP contribution in [0.5, 0.6) is 0 Å². The average molecular weight is 234 g/mol. The van der Waals surface area contributed by atoms with Crippen LogP contribution in [-0.2, 0) is 4.12 Å². The first kappa shape index (κ1) is 14.3. The van der Waals surface area contributed by atoms with Gasteiger partial charge in [-0.1, -0.05) is 20.8 Å². The highest BCUT2D eigenvalue weighted by Crippen LogP contribution is 2.13. The summed E-state index contributed by atoms with van der Waals surface area (Å²) in [5.74, 6) is 0. The molecule has 5 heteroatoms. The maximum absolute atomic E-state index is 6.31. The second-order valence-electron chi connectivity index (χ2n) is 4.26. The van der Waals surface area contributed by atoms with Crippen LogP contribution < -0.4 is 9.96 Å². The minimum atomic E-state index is -1.65. The SMILES string of the molecule is CCN[Si](C)(C)O[Si](C)(CC)NCC. The second-order valence-corrected chi connectivity index (χ2v) is 12.0. The maximum Gasteiger partial charge on any atom is 0.255 e. The van der Waals surface area contributed by atoms with E-state index in [1.807, 2.05) is 0 Å². The van der Waals surface area contributed by atoms with E-state index < -0.39 is 17.0 Å². The molecule has 0 spiro atoms. The highest BCUT2D eigenvalue weighted by molar-refractivity contribution is 6.83. The molecule has 2 N–H and O–H groups in total. The summed E-state index contributed by atoms with van der Waals surface area (Å²) in [5, 5.41) is 0. The minimum Gasteiger partial charge on any atom is -0.433 e. The molecule has 1 atom stereocenters. The number of nitrogens with one attached hydrogen (secondary N) is 2. The molecule has 0 saturated heterocycles. The fourth-order valence-corrected chi connectivity index (χ4v) is 9.14. The van der Waals surface area contributed by atoms with Crippen LogP contribution in [0, 0.1) is 0 Å². The molecule has 3 nitrogen and oxygen atoms in total. The summed E-state index contributed by atoms with van der Waals surface area (Å²) < 4.78 is 6.31. The van der Waals surface area contributed by atoms with Crippen LogP contribution in [0.3, 0.4) is 0 Å². The Labute approximate surface area is 91.0 Å². The molecule has 0 aromatic heterocycles. The Kier molecular flexibility index (Phi) is 6.15. The highest BCUT2D eigenvalue weighted by Gasteiger charge is 2.34. The molecule has 0 rings (SSSR count). The zero-order valence-electron chi connectivity index (χ0n) is 10.5. The third-order valence-electron chi connectivity index (χ3n) is 2.31. The van der Waals surface area contributed by atoms with E-state index in [1.165, 1.54) is 0 Å². The van der Waals surface area contributed by atoms with Crippen LogP contribution in [0.2, 0.25) is 25.7 Å². The van der Waals surface area contributed by atoms with Gasteiger partial charge in [-0.15, -0.1) is 0 Å². The monoisotopic (exact) mass is 234 g/mol. The van der Waals surface area contributed by atoms with Gasteiger partial charge >= 0.3 is 0 Å². The summed E-state index contributed by atoms with van der Waals surface area (Å²) in [5.41, 5.74) is 0. The normalized spacial score (nSPS) is 16.7. The Bertz CT molecular complexity index is 167. The smallest absolute Gasteiger partial charge is 0.255 e. The zero-order chi connectivity index (χ0) is 11.2. The van der Waals surface area contributed by atoms with Crippen molar-refractivity contribution >= 4 is 17.0 Å². The molecular weight excluding hydrogens is 208 g/mol. The van der Waals surface area contributed by atoms with Gasteiger partial charge in [-0.2, -0.15) is 0 Å². The Hall–Kier alpha value is 0.314. The number of hydrogen-bond donors (Lipinski definition) is 2. The lowest BCUT2D eigenvalue weighted by molar-refractivity contribution is 0.495. The largest absolute Gasteiger partial charge is 0.433 e. The summed E-state index contributed by atoms with van der Waals surface area (Å²) in [4.78, 5) is 7.02. The first-order chi connectivity index (χ1) is 6.39. The molecule has 0 aliphatic carbocycles. The Balaban J connectivity index is 4.28. The van der Waals surface area contributed by atoms with E-state index in [2.05, 4.69) is 50.4 Å². The van der Waals surface area contributed by atoms with Gasteiger partial charge in [0.15, 0.2) is 0 Å². The molecule has 0 aromatic rings. The summed E-state index contributed by atoms with van der Waals surface area (Å²) >= 11 is 0. The van der Waals surface area contributed by atoms with Crippen molar-refractivity contribution < 1.29 is 4.12 Å². The van der Waals surface area contributed by atoms with Crippen molar-refractivity contribution in [2.24, 2.45) is 0 Å². The molecule has 0 aliphatic rings. The lowest BCUT2D eigenvalue weighted by Crippen LogP contribution is -2.61. The first-order valence-corrected chi connectivity index (χ1v) is 11.1. The minimum absolute atomic E-state index is 1.000. The van der Waals surface area contributed by atoms with Crippen molar-refractivity contribution in [2.45, 2.75) is 46.5 Å². The molecule has 0 saturated carbocycles. The van der Waals surface area contributed by atoms with Crippen LogP contribution in [0.15, 0.2) is 0 Å². The predicted octanol–water partition coefficient (Wildman–Crippen LogP) is 2.02. The van der Waals surface area contributed by atoms with Crippen molar-refractivity contribution in [3.63, 3.8) is 0 Å². The van der Waals surface area contributed by atoms with Crippen LogP contribution >= 0.6 is 0 Å². The molecule has 0 amide bonds. The van der Waals surface area contributed by atoms with Gasteiger partial charge in [0.1, 0.15) is 0 Å². The van der Waals surface area contributed by atoms with E-state index in [0.29, 0.717) is 0 Å². The maximum atomic E-state index is 6.31. The Morgan fingerprint density at radius 3 is 1.79 bits per heavy atom. The molecule has 14 heavy (non-hydrogen) atoms. The molecule has 0 aliphatic heterocycles. The lowest BCUT2D eigenvalue weighted by atomic mass is 10.8. The van der Waals surface area contributed by atoms with Crippen LogP contribution in [0.25, 0.3) is 0 Å². The molecule has 0 bridgehead atoms. The van der Waals surface area contributed by atoms with Gasteiger partial charge in [0, 0.05) is 0 Å². The number of rotatable bonds is 7. The van der Waals surface area contributed by atoms with Gasteiger partial charge in [0.05, 0.1) is 0 Å². The van der Waals surface area contributed by atoms with Crippen molar-refractivity contribution in [2.75, 3.05) is 13.1 Å². The predicted molar refractivity (Wildman–Crippen MR) is 68.0 cm³/mol. The summed E-state index contributed by atoms with van der Waals surface area (Å²) in [6.45, 7) is 15.2. The van der Waals surface area contributed by atoms with E-state index in [4.69, 9.17) is 4.12 Å². The van der Waals surface area contributed by atoms with E-state index in [-0.39, 0.29) is 0 Å². The average Bonchev–Trinajstić information content (AvgIpc) is 2.03. The van der Waals surface area contributed by atoms with Gasteiger partial charge < -0.3 is 14.1 Å². The second kappa shape index (κ2) is 6.02. The Morgan fingerprint density at radius 2 is 1.43 bits per heavy atom. The summed E-state index contributed by atoms with van der Waals surface area (Å²) in [6.07, 6.45) is 0. The van der Waals surface area contributed by atoms with Crippen LogP contribution in [0.1, 0.15) is 20.8 Å². The topological polar surface area (TPSA) is 33.3 Å². The Morgan fingerprint density at radius 1 is 0.929 bits per heavy atom. The van der Waals surface area contributed by atoms with Crippen molar-refractivity contribution in [1.29, 1.82) is 0 Å². The first-order valence-electron chi connectivity index (χ1n) is 5.59. The summed E-state index contributed by atoms with van der Waals surface area (Å²) in [6, 6.07) is 1.13. The lowest BCUT2D eigenvalue weighted by Gasteiger charge is -2.35. The van der Waals surface area contributed by atoms with Crippen molar-refractivity contribution in [3.8, 4) is 0 Å². The third-order valence-corrected chi connectivity index (χ3v) is 9.81. The van der Waals surface area contributed by atoms with Crippen LogP contribution in [0.4, 0.5) is 0 Å². The van der Waals surface area contributed by atoms with Crippen molar-refractivity contribution in [3.05, 3.63) is 0 Å². The quantitative estimate of drug-likeness (QED) is 0.661. The third kappa shape index (κ3) is 5.26. The molecule has 0 fully saturated rings. The fraction of sp³-hybridized carbons (Fsp3) is 1.00. The van der Waals surface area contributed by atoms with E-state index >= 15 is 0 Å². The molecule has 86 valence electrons. The van der Waals surface area contributed by atoms with Gasteiger partial charge in [-0.3, -0.25) is 0 Å². The molecular formula is C9H26N2OSi2. The summed E-state index contributed by atoms with van der Waals surface area (Å²) in [7, 11) is -3.29. The van der Waals surface area contributed by atoms with E-state index in [9.17, 15) is 0 Å². The van der Waals surface area contributed by atoms with Gasteiger partial charge in [0.25, 0.3) is 17.0 Å². The number of hydrogen-bond acceptors (Lipinski definition) is 3. The van der Waals surface area contributed by atoms with Gasteiger partial charge in [-0.05, 0) is 38.8 Å². The fourth-order valence-electron chi connectivity index (χ4n) is 1.63. The molecule has 0 radical (unpaired) electrons. The molecule has 0 aromatic carbocycles. The van der Waals surface area contributed by atoms with Crippen LogP contribution in [-0.4, -0.2) is 30.0 Å². The molecule has 0 heterocycles. The van der Waals surface area contributed by atoms with Gasteiger partial charge in [-0.25, -0.2) is 0 Å². The molecule has 1 unspecified atom stereocenters. The highest BCUT2D eigenvalue weighted by atomic mass is 28.4. The van der Waals surface area contributed by atoms with Crippen molar-refractivity contribution in [1.82, 2.24) is 9.96 Å². The van der Waals surface area contributed by atoms with E-state index in [0.717, 1.165) is 19.1 Å². The standard InChI is InChI=1S/C9H26N2OSi2/c1-7-10-13(4,5)12-14(6,9-3)11-8-2/h10-11H,7-9H2,1-6H3.